The van der Waals surface area contributed by atoms with Gasteiger partial charge < -0.3 is 19.9 Å². The lowest BCUT2D eigenvalue weighted by Crippen LogP contribution is -2.26. The van der Waals surface area contributed by atoms with Crippen LogP contribution in [0.2, 0.25) is 0 Å². The van der Waals surface area contributed by atoms with Crippen LogP contribution in [-0.4, -0.2) is 19.7 Å². The van der Waals surface area contributed by atoms with E-state index in [1.54, 1.807) is 13.0 Å². The lowest BCUT2D eigenvalue weighted by molar-refractivity contribution is -0.139. The zero-order valence-corrected chi connectivity index (χ0v) is 14.8. The van der Waals surface area contributed by atoms with Crippen LogP contribution in [0.5, 0.6) is 5.75 Å². The van der Waals surface area contributed by atoms with E-state index in [2.05, 4.69) is 0 Å². The van der Waals surface area contributed by atoms with Crippen molar-refractivity contribution in [2.24, 2.45) is 5.73 Å². The Morgan fingerprint density at radius 1 is 1.38 bits per heavy atom. The van der Waals surface area contributed by atoms with E-state index in [0.717, 1.165) is 0 Å². The van der Waals surface area contributed by atoms with Gasteiger partial charge in [-0.2, -0.15) is 5.26 Å². The molecule has 1 unspecified atom stereocenters. The Labute approximate surface area is 149 Å². The molecule has 1 aliphatic rings. The Morgan fingerprint density at radius 3 is 2.58 bits per heavy atom. The fraction of sp³-hybridized carbons (Fsp3) is 0.333. The monoisotopic (exact) mass is 364 g/mol. The van der Waals surface area contributed by atoms with E-state index >= 15 is 0 Å². The second kappa shape index (κ2) is 7.44. The summed E-state index contributed by atoms with van der Waals surface area (Å²) in [5.74, 6) is -4.60. The van der Waals surface area contributed by atoms with Crippen LogP contribution < -0.4 is 10.5 Å². The molecule has 0 saturated carbocycles. The molecule has 0 bridgehead atoms. The van der Waals surface area contributed by atoms with Gasteiger partial charge in [-0.15, -0.1) is 0 Å². The van der Waals surface area contributed by atoms with Crippen LogP contribution in [-0.2, 0) is 14.3 Å². The molecule has 0 radical (unpaired) electrons. The smallest absolute Gasteiger partial charge is 0.338 e. The summed E-state index contributed by atoms with van der Waals surface area (Å²) in [5.41, 5.74) is 5.09. The van der Waals surface area contributed by atoms with E-state index in [4.69, 9.17) is 19.9 Å². The number of carbonyl (C=O) groups excluding carboxylic acids is 1. The maximum atomic E-state index is 14.7. The molecule has 0 saturated heterocycles. The Kier molecular flexibility index (Phi) is 5.50. The number of allylic oxidation sites excluding steroid dienone is 2. The largest absolute Gasteiger partial charge is 0.496 e. The summed E-state index contributed by atoms with van der Waals surface area (Å²) >= 11 is 0. The van der Waals surface area contributed by atoms with Crippen molar-refractivity contribution in [1.29, 1.82) is 5.26 Å². The zero-order chi connectivity index (χ0) is 19.6. The third-order valence-electron chi connectivity index (χ3n) is 4.06. The van der Waals surface area contributed by atoms with Crippen molar-refractivity contribution in [3.63, 3.8) is 0 Å². The van der Waals surface area contributed by atoms with E-state index in [0.29, 0.717) is 0 Å². The Bertz CT molecular complexity index is 869. The fourth-order valence-corrected chi connectivity index (χ4v) is 2.80. The van der Waals surface area contributed by atoms with E-state index in [9.17, 15) is 18.8 Å². The maximum Gasteiger partial charge on any atom is 0.338 e. The number of nitrogens with zero attached hydrogens (tertiary/aromatic N) is 1. The molecule has 1 aromatic carbocycles. The molecule has 1 heterocycles. The van der Waals surface area contributed by atoms with Gasteiger partial charge in [0.25, 0.3) is 0 Å². The molecule has 0 aromatic heterocycles. The zero-order valence-electron chi connectivity index (χ0n) is 14.8. The Hall–Kier alpha value is -3.08. The minimum Gasteiger partial charge on any atom is -0.496 e. The molecule has 6 nitrogen and oxygen atoms in total. The number of ether oxygens (including phenoxy) is 3. The first-order chi connectivity index (χ1) is 12.3. The van der Waals surface area contributed by atoms with Crippen LogP contribution >= 0.6 is 0 Å². The van der Waals surface area contributed by atoms with Crippen LogP contribution in [0, 0.1) is 29.9 Å². The second-order valence-corrected chi connectivity index (χ2v) is 5.54. The van der Waals surface area contributed by atoms with Gasteiger partial charge in [-0.3, -0.25) is 0 Å². The van der Waals surface area contributed by atoms with Crippen LogP contribution in [0.1, 0.15) is 30.9 Å². The van der Waals surface area contributed by atoms with E-state index in [-0.39, 0.29) is 46.3 Å². The van der Waals surface area contributed by atoms with Gasteiger partial charge in [-0.05, 0) is 26.8 Å². The second-order valence-electron chi connectivity index (χ2n) is 5.54. The molecule has 138 valence electrons. The maximum absolute atomic E-state index is 14.7. The third-order valence-corrected chi connectivity index (χ3v) is 4.06. The van der Waals surface area contributed by atoms with Crippen molar-refractivity contribution in [3.8, 4) is 11.8 Å². The highest BCUT2D eigenvalue weighted by atomic mass is 19.2. The van der Waals surface area contributed by atoms with Gasteiger partial charge in [0.15, 0.2) is 11.6 Å². The Morgan fingerprint density at radius 2 is 2.04 bits per heavy atom. The molecule has 0 fully saturated rings. The van der Waals surface area contributed by atoms with Gasteiger partial charge in [0, 0.05) is 11.1 Å². The average Bonchev–Trinajstić information content (AvgIpc) is 2.59. The molecule has 1 aromatic rings. The topological polar surface area (TPSA) is 94.6 Å². The summed E-state index contributed by atoms with van der Waals surface area (Å²) in [6.07, 6.45) is 0. The van der Waals surface area contributed by atoms with Gasteiger partial charge in [0.05, 0.1) is 25.2 Å². The van der Waals surface area contributed by atoms with Crippen LogP contribution in [0.4, 0.5) is 8.78 Å². The lowest BCUT2D eigenvalue weighted by Gasteiger charge is -2.27. The summed E-state index contributed by atoms with van der Waals surface area (Å²) < 4.78 is 44.4. The molecule has 1 aliphatic heterocycles. The molecule has 2 rings (SSSR count). The number of benzene rings is 1. The highest BCUT2D eigenvalue weighted by molar-refractivity contribution is 5.92. The average molecular weight is 364 g/mol. The summed E-state index contributed by atoms with van der Waals surface area (Å²) in [6, 6.07) is 3.04. The summed E-state index contributed by atoms with van der Waals surface area (Å²) in [4.78, 5) is 12.4. The van der Waals surface area contributed by atoms with Crippen LogP contribution in [0.15, 0.2) is 28.9 Å². The van der Waals surface area contributed by atoms with Crippen molar-refractivity contribution in [2.75, 3.05) is 13.7 Å². The van der Waals surface area contributed by atoms with Crippen LogP contribution in [0.25, 0.3) is 0 Å². The first kappa shape index (κ1) is 19.2. The van der Waals surface area contributed by atoms with Crippen molar-refractivity contribution >= 4 is 5.97 Å². The molecular formula is C18H18F2N2O4. The van der Waals surface area contributed by atoms with Gasteiger partial charge in [-0.1, -0.05) is 0 Å². The molecule has 1 atom stereocenters. The van der Waals surface area contributed by atoms with Gasteiger partial charge in [0.2, 0.25) is 5.88 Å². The Balaban J connectivity index is 2.80. The fourth-order valence-electron chi connectivity index (χ4n) is 2.80. The normalized spacial score (nSPS) is 16.9. The highest BCUT2D eigenvalue weighted by Crippen LogP contribution is 2.42. The minimum atomic E-state index is -1.28. The lowest BCUT2D eigenvalue weighted by atomic mass is 9.82. The van der Waals surface area contributed by atoms with E-state index < -0.39 is 23.5 Å². The van der Waals surface area contributed by atoms with Crippen molar-refractivity contribution in [2.45, 2.75) is 26.7 Å². The third kappa shape index (κ3) is 3.08. The number of hydrogen-bond acceptors (Lipinski definition) is 6. The van der Waals surface area contributed by atoms with E-state index in [1.807, 2.05) is 0 Å². The van der Waals surface area contributed by atoms with Crippen molar-refractivity contribution in [3.05, 3.63) is 51.6 Å². The number of esters is 1. The van der Waals surface area contributed by atoms with E-state index in [1.165, 1.54) is 27.0 Å². The number of halogens is 2. The molecular weight excluding hydrogens is 346 g/mol. The molecule has 0 spiro atoms. The first-order valence-electron chi connectivity index (χ1n) is 7.76. The van der Waals surface area contributed by atoms with Gasteiger partial charge in [0.1, 0.15) is 23.2 Å². The van der Waals surface area contributed by atoms with Gasteiger partial charge >= 0.3 is 5.97 Å². The first-order valence-corrected chi connectivity index (χ1v) is 7.76. The highest BCUT2D eigenvalue weighted by Gasteiger charge is 2.39. The molecule has 8 heteroatoms. The predicted octanol–water partition coefficient (Wildman–Crippen LogP) is 2.93. The molecule has 0 amide bonds. The quantitative estimate of drug-likeness (QED) is 0.826. The predicted molar refractivity (Wildman–Crippen MR) is 87.6 cm³/mol. The molecule has 26 heavy (non-hydrogen) atoms. The number of hydrogen-bond donors (Lipinski definition) is 1. The summed E-state index contributed by atoms with van der Waals surface area (Å²) in [6.45, 7) is 4.43. The molecule has 0 aliphatic carbocycles. The summed E-state index contributed by atoms with van der Waals surface area (Å²) in [7, 11) is 1.30. The molecule has 2 N–H and O–H groups in total. The van der Waals surface area contributed by atoms with Crippen molar-refractivity contribution in [1.82, 2.24) is 0 Å². The number of methoxy groups -OCH3 is 1. The SMILES string of the molecule is CCOC(=O)C1=C(C)OC(N)=C(C#N)C1c1cc(OC)c(C)c(F)c1F. The summed E-state index contributed by atoms with van der Waals surface area (Å²) in [5, 5.41) is 9.46. The standard InChI is InChI=1S/C18H18F2N2O4/c1-5-25-18(23)13-9(3)26-17(22)11(7-21)14(13)10-6-12(24-4)8(2)15(19)16(10)20/h6,14H,5,22H2,1-4H3. The number of nitriles is 1. The number of carbonyl (C=O) groups is 1. The number of nitrogens with two attached hydrogens (primary N) is 1. The van der Waals surface area contributed by atoms with Crippen molar-refractivity contribution < 1.29 is 27.8 Å². The number of rotatable bonds is 4. The minimum absolute atomic E-state index is 0.0327. The van der Waals surface area contributed by atoms with Gasteiger partial charge in [-0.25, -0.2) is 13.6 Å². The van der Waals surface area contributed by atoms with Crippen LogP contribution in [0.3, 0.4) is 0 Å².